The highest BCUT2D eigenvalue weighted by Gasteiger charge is 2.16. The number of hydrogen-bond acceptors (Lipinski definition) is 4. The van der Waals surface area contributed by atoms with Crippen LogP contribution >= 0.6 is 11.6 Å². The minimum atomic E-state index is 0.621. The molecule has 0 bridgehead atoms. The Morgan fingerprint density at radius 2 is 1.90 bits per heavy atom. The summed E-state index contributed by atoms with van der Waals surface area (Å²) in [5.41, 5.74) is 10.5. The molecule has 106 valence electrons. The predicted octanol–water partition coefficient (Wildman–Crippen LogP) is 3.18. The molecule has 3 rings (SSSR count). The van der Waals surface area contributed by atoms with Gasteiger partial charge >= 0.3 is 0 Å². The van der Waals surface area contributed by atoms with E-state index in [4.69, 9.17) is 17.3 Å². The minimum absolute atomic E-state index is 0.621. The van der Waals surface area contributed by atoms with Gasteiger partial charge in [-0.3, -0.25) is 0 Å². The summed E-state index contributed by atoms with van der Waals surface area (Å²) in [4.78, 5) is 0. The first-order valence-electron chi connectivity index (χ1n) is 6.48. The largest absolute Gasteiger partial charge is 0.398 e. The summed E-state index contributed by atoms with van der Waals surface area (Å²) in [6.45, 7) is 3.95. The van der Waals surface area contributed by atoms with Crippen molar-refractivity contribution in [1.29, 1.82) is 0 Å². The Hall–Kier alpha value is -2.40. The average molecular weight is 300 g/mol. The number of aryl methyl sites for hydroxylation is 2. The van der Waals surface area contributed by atoms with Crippen molar-refractivity contribution in [2.45, 2.75) is 13.8 Å². The van der Waals surface area contributed by atoms with Crippen LogP contribution in [0, 0.1) is 13.8 Å². The molecule has 0 aliphatic rings. The SMILES string of the molecule is Cc1cc(Cl)ccc1-n1nnnc1-c1c(C)cccc1N. The number of hydrogen-bond donors (Lipinski definition) is 1. The molecule has 0 atom stereocenters. The molecule has 6 heteroatoms. The van der Waals surface area contributed by atoms with Crippen LogP contribution in [0.3, 0.4) is 0 Å². The zero-order valence-corrected chi connectivity index (χ0v) is 12.5. The lowest BCUT2D eigenvalue weighted by molar-refractivity contribution is 0.787. The first-order valence-corrected chi connectivity index (χ1v) is 6.86. The predicted molar refractivity (Wildman–Crippen MR) is 83.5 cm³/mol. The Balaban J connectivity index is 2.22. The molecular weight excluding hydrogens is 286 g/mol. The van der Waals surface area contributed by atoms with Gasteiger partial charge in [0.15, 0.2) is 5.82 Å². The summed E-state index contributed by atoms with van der Waals surface area (Å²) in [5.74, 6) is 0.621. The average Bonchev–Trinajstić information content (AvgIpc) is 2.87. The molecule has 5 nitrogen and oxygen atoms in total. The van der Waals surface area contributed by atoms with Crippen LogP contribution < -0.4 is 5.73 Å². The van der Waals surface area contributed by atoms with Crippen LogP contribution in [0.25, 0.3) is 17.1 Å². The molecule has 0 saturated heterocycles. The van der Waals surface area contributed by atoms with Crippen molar-refractivity contribution < 1.29 is 0 Å². The Kier molecular flexibility index (Phi) is 3.35. The molecule has 0 radical (unpaired) electrons. The van der Waals surface area contributed by atoms with Crippen LogP contribution in [-0.4, -0.2) is 20.2 Å². The van der Waals surface area contributed by atoms with Crippen LogP contribution in [-0.2, 0) is 0 Å². The van der Waals surface area contributed by atoms with E-state index in [9.17, 15) is 0 Å². The van der Waals surface area contributed by atoms with Crippen molar-refractivity contribution in [3.8, 4) is 17.1 Å². The highest BCUT2D eigenvalue weighted by Crippen LogP contribution is 2.29. The second-order valence-electron chi connectivity index (χ2n) is 4.88. The molecule has 0 saturated carbocycles. The van der Waals surface area contributed by atoms with Gasteiger partial charge in [0.25, 0.3) is 0 Å². The quantitative estimate of drug-likeness (QED) is 0.738. The van der Waals surface area contributed by atoms with E-state index in [0.29, 0.717) is 16.5 Å². The molecular formula is C15H14ClN5. The maximum absolute atomic E-state index is 6.09. The molecule has 0 unspecified atom stereocenters. The molecule has 21 heavy (non-hydrogen) atoms. The molecule has 0 aliphatic carbocycles. The topological polar surface area (TPSA) is 69.6 Å². The fourth-order valence-corrected chi connectivity index (χ4v) is 2.58. The van der Waals surface area contributed by atoms with Gasteiger partial charge < -0.3 is 5.73 Å². The summed E-state index contributed by atoms with van der Waals surface area (Å²) in [6, 6.07) is 11.3. The standard InChI is InChI=1S/C15H14ClN5/c1-9-4-3-5-12(17)14(9)15-18-19-20-21(15)13-7-6-11(16)8-10(13)2/h3-8H,17H2,1-2H3. The number of aromatic nitrogens is 4. The summed E-state index contributed by atoms with van der Waals surface area (Å²) >= 11 is 6.00. The van der Waals surface area contributed by atoms with Gasteiger partial charge in [-0.15, -0.1) is 5.10 Å². The zero-order valence-electron chi connectivity index (χ0n) is 11.7. The van der Waals surface area contributed by atoms with Crippen molar-refractivity contribution in [2.75, 3.05) is 5.73 Å². The maximum atomic E-state index is 6.09. The first kappa shape index (κ1) is 13.6. The number of nitrogen functional groups attached to an aromatic ring is 1. The minimum Gasteiger partial charge on any atom is -0.398 e. The number of nitrogens with zero attached hydrogens (tertiary/aromatic N) is 4. The second-order valence-corrected chi connectivity index (χ2v) is 5.32. The number of tetrazole rings is 1. The van der Waals surface area contributed by atoms with Crippen LogP contribution in [0.1, 0.15) is 11.1 Å². The van der Waals surface area contributed by atoms with Crippen molar-refractivity contribution >= 4 is 17.3 Å². The van der Waals surface area contributed by atoms with Crippen molar-refractivity contribution in [3.05, 3.63) is 52.5 Å². The smallest absolute Gasteiger partial charge is 0.189 e. The molecule has 0 aliphatic heterocycles. The van der Waals surface area contributed by atoms with Gasteiger partial charge in [0.2, 0.25) is 0 Å². The molecule has 1 aromatic heterocycles. The van der Waals surface area contributed by atoms with E-state index in [1.165, 1.54) is 0 Å². The van der Waals surface area contributed by atoms with E-state index >= 15 is 0 Å². The number of anilines is 1. The van der Waals surface area contributed by atoms with E-state index in [-0.39, 0.29) is 0 Å². The maximum Gasteiger partial charge on any atom is 0.189 e. The highest BCUT2D eigenvalue weighted by molar-refractivity contribution is 6.30. The normalized spacial score (nSPS) is 10.8. The van der Waals surface area contributed by atoms with Crippen LogP contribution in [0.2, 0.25) is 5.02 Å². The van der Waals surface area contributed by atoms with Gasteiger partial charge in [-0.2, -0.15) is 4.68 Å². The summed E-state index contributed by atoms with van der Waals surface area (Å²) in [5, 5.41) is 12.7. The lowest BCUT2D eigenvalue weighted by atomic mass is 10.1. The zero-order chi connectivity index (χ0) is 15.0. The van der Waals surface area contributed by atoms with Crippen LogP contribution in [0.5, 0.6) is 0 Å². The molecule has 0 spiro atoms. The fourth-order valence-electron chi connectivity index (χ4n) is 2.36. The van der Waals surface area contributed by atoms with E-state index in [1.54, 1.807) is 4.68 Å². The molecule has 2 N–H and O–H groups in total. The van der Waals surface area contributed by atoms with Crippen molar-refractivity contribution in [1.82, 2.24) is 20.2 Å². The van der Waals surface area contributed by atoms with E-state index in [2.05, 4.69) is 15.5 Å². The molecule has 2 aromatic carbocycles. The second kappa shape index (κ2) is 5.18. The van der Waals surface area contributed by atoms with E-state index in [0.717, 1.165) is 22.4 Å². The van der Waals surface area contributed by atoms with Gasteiger partial charge in [-0.05, 0) is 59.7 Å². The van der Waals surface area contributed by atoms with E-state index in [1.807, 2.05) is 50.2 Å². The molecule has 1 heterocycles. The van der Waals surface area contributed by atoms with Gasteiger partial charge in [-0.1, -0.05) is 23.7 Å². The Morgan fingerprint density at radius 3 is 2.62 bits per heavy atom. The Morgan fingerprint density at radius 1 is 1.10 bits per heavy atom. The monoisotopic (exact) mass is 299 g/mol. The number of halogens is 1. The molecule has 0 fully saturated rings. The summed E-state index contributed by atoms with van der Waals surface area (Å²) < 4.78 is 1.68. The lowest BCUT2D eigenvalue weighted by Crippen LogP contribution is -2.04. The molecule has 0 amide bonds. The van der Waals surface area contributed by atoms with Crippen molar-refractivity contribution in [2.24, 2.45) is 0 Å². The summed E-state index contributed by atoms with van der Waals surface area (Å²) in [7, 11) is 0. The fraction of sp³-hybridized carbons (Fsp3) is 0.133. The number of benzene rings is 2. The van der Waals surface area contributed by atoms with Gasteiger partial charge in [-0.25, -0.2) is 0 Å². The highest BCUT2D eigenvalue weighted by atomic mass is 35.5. The first-order chi connectivity index (χ1) is 10.1. The van der Waals surface area contributed by atoms with Crippen molar-refractivity contribution in [3.63, 3.8) is 0 Å². The Labute approximate surface area is 127 Å². The van der Waals surface area contributed by atoms with Gasteiger partial charge in [0, 0.05) is 16.3 Å². The molecule has 3 aromatic rings. The van der Waals surface area contributed by atoms with Crippen LogP contribution in [0.4, 0.5) is 5.69 Å². The number of rotatable bonds is 2. The van der Waals surface area contributed by atoms with Crippen LogP contribution in [0.15, 0.2) is 36.4 Å². The third-order valence-electron chi connectivity index (χ3n) is 3.39. The third-order valence-corrected chi connectivity index (χ3v) is 3.62. The van der Waals surface area contributed by atoms with Gasteiger partial charge in [0.05, 0.1) is 5.69 Å². The lowest BCUT2D eigenvalue weighted by Gasteiger charge is -2.11. The third kappa shape index (κ3) is 2.36. The summed E-state index contributed by atoms with van der Waals surface area (Å²) in [6.07, 6.45) is 0. The Bertz CT molecular complexity index is 789. The number of nitrogens with two attached hydrogens (primary N) is 1. The van der Waals surface area contributed by atoms with E-state index < -0.39 is 0 Å². The van der Waals surface area contributed by atoms with Gasteiger partial charge in [0.1, 0.15) is 0 Å².